The van der Waals surface area contributed by atoms with Crippen LogP contribution >= 0.6 is 0 Å². The number of aromatic amines is 1. The van der Waals surface area contributed by atoms with Crippen LogP contribution in [-0.4, -0.2) is 24.0 Å². The average Bonchev–Trinajstić information content (AvgIpc) is 2.73. The highest BCUT2D eigenvalue weighted by Crippen LogP contribution is 2.24. The number of nitrogens with one attached hydrogen (secondary N) is 1. The van der Waals surface area contributed by atoms with Gasteiger partial charge in [-0.1, -0.05) is 0 Å². The van der Waals surface area contributed by atoms with E-state index in [0.717, 1.165) is 22.9 Å². The molecule has 0 fully saturated rings. The second kappa shape index (κ2) is 5.66. The second-order valence-electron chi connectivity index (χ2n) is 4.07. The number of carbonyl (C=O) groups is 1. The summed E-state index contributed by atoms with van der Waals surface area (Å²) >= 11 is 0. The van der Waals surface area contributed by atoms with E-state index < -0.39 is 0 Å². The van der Waals surface area contributed by atoms with Crippen LogP contribution in [0.2, 0.25) is 0 Å². The van der Waals surface area contributed by atoms with Crippen molar-refractivity contribution in [1.82, 2.24) is 4.98 Å². The van der Waals surface area contributed by atoms with Gasteiger partial charge in [-0.15, -0.1) is 0 Å². The molecule has 1 aromatic carbocycles. The Bertz CT molecular complexity index is 548. The molecule has 0 saturated carbocycles. The van der Waals surface area contributed by atoms with Crippen molar-refractivity contribution in [1.29, 1.82) is 0 Å². The highest BCUT2D eigenvalue weighted by Gasteiger charge is 2.07. The van der Waals surface area contributed by atoms with E-state index >= 15 is 0 Å². The number of hydrogen-bond donors (Lipinski definition) is 3. The summed E-state index contributed by atoms with van der Waals surface area (Å²) in [5, 5.41) is 1.04. The van der Waals surface area contributed by atoms with Gasteiger partial charge in [0.25, 0.3) is 0 Å². The molecule has 0 spiro atoms. The molecular weight excluding hydrogens is 230 g/mol. The Hall–Kier alpha value is -1.85. The van der Waals surface area contributed by atoms with Gasteiger partial charge in [0.05, 0.1) is 6.42 Å². The standard InChI is InChI=1S/C13H17N3O2/c14-5-3-9-8-16-12-2-1-10(7-11(9)12)18-13(17)4-6-15/h1-2,7-8,16H,3-6,14-15H2. The fraction of sp³-hybridized carbons (Fsp3) is 0.308. The lowest BCUT2D eigenvalue weighted by Gasteiger charge is -2.04. The lowest BCUT2D eigenvalue weighted by molar-refractivity contribution is -0.134. The van der Waals surface area contributed by atoms with Crippen molar-refractivity contribution >= 4 is 16.9 Å². The summed E-state index contributed by atoms with van der Waals surface area (Å²) in [7, 11) is 0. The molecule has 5 nitrogen and oxygen atoms in total. The number of ether oxygens (including phenoxy) is 1. The fourth-order valence-corrected chi connectivity index (χ4v) is 1.88. The minimum Gasteiger partial charge on any atom is -0.426 e. The average molecular weight is 247 g/mol. The topological polar surface area (TPSA) is 94.1 Å². The number of esters is 1. The van der Waals surface area contributed by atoms with Crippen LogP contribution in [0.1, 0.15) is 12.0 Å². The van der Waals surface area contributed by atoms with Crippen molar-refractivity contribution < 1.29 is 9.53 Å². The molecule has 1 heterocycles. The van der Waals surface area contributed by atoms with E-state index in [-0.39, 0.29) is 12.4 Å². The zero-order valence-electron chi connectivity index (χ0n) is 10.1. The number of nitrogens with two attached hydrogens (primary N) is 2. The summed E-state index contributed by atoms with van der Waals surface area (Å²) in [6, 6.07) is 5.51. The smallest absolute Gasteiger partial charge is 0.312 e. The summed E-state index contributed by atoms with van der Waals surface area (Å²) in [5.41, 5.74) is 13.0. The molecule has 0 saturated heterocycles. The van der Waals surface area contributed by atoms with Crippen molar-refractivity contribution in [3.8, 4) is 5.75 Å². The van der Waals surface area contributed by atoms with Gasteiger partial charge in [-0.2, -0.15) is 0 Å². The first kappa shape index (κ1) is 12.6. The number of aromatic nitrogens is 1. The van der Waals surface area contributed by atoms with Crippen LogP contribution in [0.25, 0.3) is 10.9 Å². The molecule has 0 unspecified atom stereocenters. The molecule has 0 aliphatic carbocycles. The molecule has 0 amide bonds. The molecule has 18 heavy (non-hydrogen) atoms. The van der Waals surface area contributed by atoms with Crippen molar-refractivity contribution in [2.75, 3.05) is 13.1 Å². The number of rotatable bonds is 5. The van der Waals surface area contributed by atoms with Gasteiger partial charge in [-0.25, -0.2) is 0 Å². The first-order valence-electron chi connectivity index (χ1n) is 5.95. The first-order valence-corrected chi connectivity index (χ1v) is 5.95. The van der Waals surface area contributed by atoms with Crippen LogP contribution in [0.4, 0.5) is 0 Å². The van der Waals surface area contributed by atoms with Crippen LogP contribution in [0.15, 0.2) is 24.4 Å². The van der Waals surface area contributed by atoms with E-state index in [4.69, 9.17) is 16.2 Å². The van der Waals surface area contributed by atoms with E-state index in [1.165, 1.54) is 0 Å². The molecule has 2 rings (SSSR count). The third-order valence-corrected chi connectivity index (χ3v) is 2.73. The van der Waals surface area contributed by atoms with E-state index in [1.54, 1.807) is 6.07 Å². The molecule has 96 valence electrons. The largest absolute Gasteiger partial charge is 0.426 e. The number of H-pyrrole nitrogens is 1. The maximum atomic E-state index is 11.4. The Labute approximate surface area is 105 Å². The number of hydrogen-bond acceptors (Lipinski definition) is 4. The molecule has 2 aromatic rings. The third kappa shape index (κ3) is 2.69. The monoisotopic (exact) mass is 247 g/mol. The Morgan fingerprint density at radius 2 is 2.11 bits per heavy atom. The molecule has 5 N–H and O–H groups in total. The van der Waals surface area contributed by atoms with Crippen LogP contribution in [0, 0.1) is 0 Å². The van der Waals surface area contributed by atoms with E-state index in [9.17, 15) is 4.79 Å². The molecule has 5 heteroatoms. The summed E-state index contributed by atoms with van der Waals surface area (Å²) < 4.78 is 5.20. The first-order chi connectivity index (χ1) is 8.74. The predicted octanol–water partition coefficient (Wildman–Crippen LogP) is 0.923. The van der Waals surface area contributed by atoms with E-state index in [1.807, 2.05) is 18.3 Å². The zero-order chi connectivity index (χ0) is 13.0. The highest BCUT2D eigenvalue weighted by atomic mass is 16.5. The molecule has 0 aliphatic rings. The number of benzene rings is 1. The van der Waals surface area contributed by atoms with E-state index in [0.29, 0.717) is 18.8 Å². The van der Waals surface area contributed by atoms with Crippen molar-refractivity contribution in [3.63, 3.8) is 0 Å². The van der Waals surface area contributed by atoms with E-state index in [2.05, 4.69) is 4.98 Å². The Morgan fingerprint density at radius 1 is 1.28 bits per heavy atom. The molecular formula is C13H17N3O2. The Morgan fingerprint density at radius 3 is 2.83 bits per heavy atom. The summed E-state index contributed by atoms with van der Waals surface area (Å²) in [6.07, 6.45) is 2.95. The highest BCUT2D eigenvalue weighted by molar-refractivity contribution is 5.85. The zero-order valence-corrected chi connectivity index (χ0v) is 10.1. The van der Waals surface area contributed by atoms with Gasteiger partial charge in [0.15, 0.2) is 0 Å². The lowest BCUT2D eigenvalue weighted by atomic mass is 10.1. The van der Waals surface area contributed by atoms with Gasteiger partial charge in [-0.05, 0) is 36.7 Å². The quantitative estimate of drug-likeness (QED) is 0.541. The molecule has 0 bridgehead atoms. The van der Waals surface area contributed by atoms with Crippen LogP contribution in [0.5, 0.6) is 5.75 Å². The third-order valence-electron chi connectivity index (χ3n) is 2.73. The minimum absolute atomic E-state index is 0.223. The van der Waals surface area contributed by atoms with Gasteiger partial charge < -0.3 is 21.2 Å². The predicted molar refractivity (Wildman–Crippen MR) is 70.4 cm³/mol. The summed E-state index contributed by atoms with van der Waals surface area (Å²) in [5.74, 6) is 0.228. The maximum absolute atomic E-state index is 11.4. The Kier molecular flexibility index (Phi) is 3.96. The maximum Gasteiger partial charge on any atom is 0.312 e. The van der Waals surface area contributed by atoms with Crippen molar-refractivity contribution in [3.05, 3.63) is 30.0 Å². The normalized spacial score (nSPS) is 10.8. The Balaban J connectivity index is 2.24. The van der Waals surface area contributed by atoms with Gasteiger partial charge in [-0.3, -0.25) is 4.79 Å². The molecule has 0 atom stereocenters. The number of fused-ring (bicyclic) bond motifs is 1. The summed E-state index contributed by atoms with van der Waals surface area (Å²) in [6.45, 7) is 0.883. The van der Waals surface area contributed by atoms with Crippen molar-refractivity contribution in [2.24, 2.45) is 11.5 Å². The summed E-state index contributed by atoms with van der Waals surface area (Å²) in [4.78, 5) is 14.5. The van der Waals surface area contributed by atoms with Crippen LogP contribution in [0.3, 0.4) is 0 Å². The molecule has 1 aromatic heterocycles. The fourth-order valence-electron chi connectivity index (χ4n) is 1.88. The van der Waals surface area contributed by atoms with Gasteiger partial charge in [0.1, 0.15) is 5.75 Å². The van der Waals surface area contributed by atoms with Gasteiger partial charge in [0, 0.05) is 23.6 Å². The minimum atomic E-state index is -0.312. The van der Waals surface area contributed by atoms with Crippen molar-refractivity contribution in [2.45, 2.75) is 12.8 Å². The molecule has 0 aliphatic heterocycles. The SMILES string of the molecule is NCCC(=O)Oc1ccc2[nH]cc(CCN)c2c1. The van der Waals surface area contributed by atoms with Gasteiger partial charge >= 0.3 is 5.97 Å². The second-order valence-corrected chi connectivity index (χ2v) is 4.07. The molecule has 0 radical (unpaired) electrons. The number of carbonyl (C=O) groups excluding carboxylic acids is 1. The van der Waals surface area contributed by atoms with Crippen LogP contribution < -0.4 is 16.2 Å². The lowest BCUT2D eigenvalue weighted by Crippen LogP contribution is -2.13. The van der Waals surface area contributed by atoms with Crippen LogP contribution in [-0.2, 0) is 11.2 Å². The van der Waals surface area contributed by atoms with Gasteiger partial charge in [0.2, 0.25) is 0 Å².